The predicted molar refractivity (Wildman–Crippen MR) is 80.0 cm³/mol. The fourth-order valence-electron chi connectivity index (χ4n) is 1.52. The fraction of sp³-hybridized carbons (Fsp3) is 0.357. The largest absolute Gasteiger partial charge is 0.490 e. The van der Waals surface area contributed by atoms with E-state index < -0.39 is 12.1 Å². The van der Waals surface area contributed by atoms with Gasteiger partial charge in [0, 0.05) is 12.2 Å². The summed E-state index contributed by atoms with van der Waals surface area (Å²) in [5.74, 6) is -2.28. The van der Waals surface area contributed by atoms with Crippen LogP contribution < -0.4 is 10.6 Å². The molecule has 0 bridgehead atoms. The number of halogens is 3. The fourth-order valence-corrected chi connectivity index (χ4v) is 1.52. The number of aliphatic carboxylic acids is 1. The van der Waals surface area contributed by atoms with Crippen molar-refractivity contribution in [2.24, 2.45) is 4.99 Å². The Balaban J connectivity index is 0.000000351. The third kappa shape index (κ3) is 6.55. The molecule has 1 aliphatic rings. The Morgan fingerprint density at radius 2 is 1.92 bits per heavy atom. The SMILES string of the molecule is CCOC(=O)c1ccc(NC2=NCCN2)cc1.O=C(O)C(F)(F)F. The molecule has 132 valence electrons. The first-order valence-corrected chi connectivity index (χ1v) is 6.86. The Hall–Kier alpha value is -2.78. The minimum absolute atomic E-state index is 0.296. The summed E-state index contributed by atoms with van der Waals surface area (Å²) in [5, 5.41) is 13.4. The number of anilines is 1. The molecule has 0 amide bonds. The number of esters is 1. The lowest BCUT2D eigenvalue weighted by Crippen LogP contribution is -2.26. The Morgan fingerprint density at radius 3 is 2.33 bits per heavy atom. The molecule has 24 heavy (non-hydrogen) atoms. The summed E-state index contributed by atoms with van der Waals surface area (Å²) >= 11 is 0. The highest BCUT2D eigenvalue weighted by molar-refractivity contribution is 5.95. The quantitative estimate of drug-likeness (QED) is 0.722. The number of carboxylic acids is 1. The number of alkyl halides is 3. The molecule has 1 heterocycles. The standard InChI is InChI=1S/C12H15N3O2.C2HF3O2/c1-2-17-11(16)9-3-5-10(6-4-9)15-12-13-7-8-14-12;3-2(4,5)1(6)7/h3-6H,2,7-8H2,1H3,(H2,13,14,15);(H,6,7). The van der Waals surface area contributed by atoms with Crippen molar-refractivity contribution < 1.29 is 32.6 Å². The van der Waals surface area contributed by atoms with E-state index in [9.17, 15) is 18.0 Å². The van der Waals surface area contributed by atoms with Gasteiger partial charge < -0.3 is 20.5 Å². The molecule has 1 aliphatic heterocycles. The van der Waals surface area contributed by atoms with Crippen molar-refractivity contribution in [2.75, 3.05) is 25.0 Å². The van der Waals surface area contributed by atoms with Gasteiger partial charge in [0.2, 0.25) is 0 Å². The second-order valence-electron chi connectivity index (χ2n) is 4.38. The smallest absolute Gasteiger partial charge is 0.475 e. The molecule has 0 aromatic heterocycles. The number of nitrogens with zero attached hydrogens (tertiary/aromatic N) is 1. The molecule has 7 nitrogen and oxygen atoms in total. The van der Waals surface area contributed by atoms with Gasteiger partial charge in [0.05, 0.1) is 18.7 Å². The highest BCUT2D eigenvalue weighted by atomic mass is 19.4. The van der Waals surface area contributed by atoms with Crippen molar-refractivity contribution in [3.8, 4) is 0 Å². The van der Waals surface area contributed by atoms with Crippen LogP contribution in [0.15, 0.2) is 29.3 Å². The van der Waals surface area contributed by atoms with Gasteiger partial charge in [-0.25, -0.2) is 9.59 Å². The first-order chi connectivity index (χ1) is 11.2. The van der Waals surface area contributed by atoms with Crippen LogP contribution in [-0.4, -0.2) is 48.9 Å². The molecular weight excluding hydrogens is 331 g/mol. The molecule has 0 atom stereocenters. The van der Waals surface area contributed by atoms with Crippen LogP contribution in [0, 0.1) is 0 Å². The van der Waals surface area contributed by atoms with Gasteiger partial charge >= 0.3 is 18.1 Å². The average molecular weight is 347 g/mol. The zero-order valence-electron chi connectivity index (χ0n) is 12.7. The maximum absolute atomic E-state index is 11.4. The molecule has 10 heteroatoms. The number of carbonyl (C=O) groups is 2. The summed E-state index contributed by atoms with van der Waals surface area (Å²) in [6, 6.07) is 7.12. The minimum Gasteiger partial charge on any atom is -0.475 e. The number of rotatable bonds is 3. The number of guanidine groups is 1. The van der Waals surface area contributed by atoms with Crippen molar-refractivity contribution in [3.05, 3.63) is 29.8 Å². The van der Waals surface area contributed by atoms with Gasteiger partial charge in [0.25, 0.3) is 0 Å². The number of ether oxygens (including phenoxy) is 1. The zero-order chi connectivity index (χ0) is 18.2. The van der Waals surface area contributed by atoms with Crippen LogP contribution in [0.1, 0.15) is 17.3 Å². The summed E-state index contributed by atoms with van der Waals surface area (Å²) in [4.78, 5) is 24.5. The van der Waals surface area contributed by atoms with E-state index in [-0.39, 0.29) is 5.97 Å². The van der Waals surface area contributed by atoms with Crippen molar-refractivity contribution in [1.29, 1.82) is 0 Å². The van der Waals surface area contributed by atoms with Crippen LogP contribution in [-0.2, 0) is 9.53 Å². The van der Waals surface area contributed by atoms with Crippen LogP contribution >= 0.6 is 0 Å². The topological polar surface area (TPSA) is 100 Å². The van der Waals surface area contributed by atoms with Crippen LogP contribution in [0.25, 0.3) is 0 Å². The number of aliphatic imine (C=N–C) groups is 1. The van der Waals surface area contributed by atoms with Crippen molar-refractivity contribution >= 4 is 23.6 Å². The van der Waals surface area contributed by atoms with Gasteiger partial charge in [-0.15, -0.1) is 0 Å². The Bertz CT molecular complexity index is 600. The summed E-state index contributed by atoms with van der Waals surface area (Å²) < 4.78 is 36.6. The zero-order valence-corrected chi connectivity index (χ0v) is 12.7. The lowest BCUT2D eigenvalue weighted by atomic mass is 10.2. The first-order valence-electron chi connectivity index (χ1n) is 6.86. The number of benzene rings is 1. The Kier molecular flexibility index (Phi) is 7.02. The van der Waals surface area contributed by atoms with E-state index in [1.165, 1.54) is 0 Å². The maximum atomic E-state index is 11.4. The molecular formula is C14H16F3N3O4. The van der Waals surface area contributed by atoms with Crippen molar-refractivity contribution in [3.63, 3.8) is 0 Å². The summed E-state index contributed by atoms with van der Waals surface area (Å²) in [6.07, 6.45) is -5.08. The van der Waals surface area contributed by atoms with E-state index >= 15 is 0 Å². The third-order valence-corrected chi connectivity index (χ3v) is 2.58. The first kappa shape index (κ1) is 19.3. The van der Waals surface area contributed by atoms with Gasteiger partial charge in [-0.2, -0.15) is 13.2 Å². The molecule has 0 aliphatic carbocycles. The third-order valence-electron chi connectivity index (χ3n) is 2.58. The van der Waals surface area contributed by atoms with Crippen LogP contribution in [0.2, 0.25) is 0 Å². The van der Waals surface area contributed by atoms with Gasteiger partial charge in [0.1, 0.15) is 0 Å². The van der Waals surface area contributed by atoms with Gasteiger partial charge in [-0.1, -0.05) is 0 Å². The van der Waals surface area contributed by atoms with E-state index in [2.05, 4.69) is 15.6 Å². The lowest BCUT2D eigenvalue weighted by Gasteiger charge is -2.07. The van der Waals surface area contributed by atoms with Gasteiger partial charge in [0.15, 0.2) is 5.96 Å². The molecule has 0 spiro atoms. The lowest BCUT2D eigenvalue weighted by molar-refractivity contribution is -0.192. The number of carboxylic acid groups (broad SMARTS) is 1. The van der Waals surface area contributed by atoms with E-state index in [0.29, 0.717) is 12.2 Å². The monoisotopic (exact) mass is 347 g/mol. The summed E-state index contributed by atoms with van der Waals surface area (Å²) in [7, 11) is 0. The minimum atomic E-state index is -5.08. The Morgan fingerprint density at radius 1 is 1.33 bits per heavy atom. The molecule has 0 fully saturated rings. The Labute approximate surface area is 135 Å². The summed E-state index contributed by atoms with van der Waals surface area (Å²) in [6.45, 7) is 3.84. The molecule has 1 aromatic carbocycles. The predicted octanol–water partition coefficient (Wildman–Crippen LogP) is 1.87. The van der Waals surface area contributed by atoms with Crippen LogP contribution in [0.5, 0.6) is 0 Å². The van der Waals surface area contributed by atoms with Gasteiger partial charge in [-0.3, -0.25) is 4.99 Å². The molecule has 3 N–H and O–H groups in total. The molecule has 0 saturated heterocycles. The number of nitrogens with one attached hydrogen (secondary N) is 2. The number of hydrogen-bond acceptors (Lipinski definition) is 6. The van der Waals surface area contributed by atoms with Crippen LogP contribution in [0.4, 0.5) is 18.9 Å². The molecule has 0 radical (unpaired) electrons. The highest BCUT2D eigenvalue weighted by Gasteiger charge is 2.38. The number of carbonyl (C=O) groups excluding carboxylic acids is 1. The molecule has 1 aromatic rings. The maximum Gasteiger partial charge on any atom is 0.490 e. The van der Waals surface area contributed by atoms with E-state index in [1.54, 1.807) is 19.1 Å². The van der Waals surface area contributed by atoms with E-state index in [1.807, 2.05) is 12.1 Å². The normalized spacial score (nSPS) is 13.1. The van der Waals surface area contributed by atoms with Crippen molar-refractivity contribution in [2.45, 2.75) is 13.1 Å². The van der Waals surface area contributed by atoms with Gasteiger partial charge in [-0.05, 0) is 31.2 Å². The second kappa shape index (κ2) is 8.75. The summed E-state index contributed by atoms with van der Waals surface area (Å²) in [5.41, 5.74) is 1.45. The van der Waals surface area contributed by atoms with Crippen molar-refractivity contribution in [1.82, 2.24) is 5.32 Å². The van der Waals surface area contributed by atoms with Crippen LogP contribution in [0.3, 0.4) is 0 Å². The molecule has 0 unspecified atom stereocenters. The van der Waals surface area contributed by atoms with E-state index in [0.717, 1.165) is 24.7 Å². The average Bonchev–Trinajstić information content (AvgIpc) is 3.01. The number of hydrogen-bond donors (Lipinski definition) is 3. The second-order valence-corrected chi connectivity index (χ2v) is 4.38. The van der Waals surface area contributed by atoms with E-state index in [4.69, 9.17) is 14.6 Å². The molecule has 2 rings (SSSR count). The highest BCUT2D eigenvalue weighted by Crippen LogP contribution is 2.13. The molecule has 0 saturated carbocycles.